The van der Waals surface area contributed by atoms with Crippen molar-refractivity contribution in [3.63, 3.8) is 0 Å². The summed E-state index contributed by atoms with van der Waals surface area (Å²) >= 11 is 0. The third-order valence-corrected chi connectivity index (χ3v) is 10.2. The summed E-state index contributed by atoms with van der Waals surface area (Å²) in [6.07, 6.45) is 4.82. The van der Waals surface area contributed by atoms with Crippen LogP contribution in [-0.4, -0.2) is 27.8 Å². The molecule has 0 amide bonds. The Balaban J connectivity index is 1.99. The summed E-state index contributed by atoms with van der Waals surface area (Å²) in [5, 5.41) is -0.717. The fourth-order valence-corrected chi connectivity index (χ4v) is 8.29. The van der Waals surface area contributed by atoms with Gasteiger partial charge >= 0.3 is 0 Å². The van der Waals surface area contributed by atoms with Gasteiger partial charge in [0, 0.05) is 0 Å². The summed E-state index contributed by atoms with van der Waals surface area (Å²) in [5.41, 5.74) is 2.66. The van der Waals surface area contributed by atoms with Gasteiger partial charge in [-0.05, 0) is 74.8 Å². The highest BCUT2D eigenvalue weighted by Gasteiger charge is 2.40. The lowest BCUT2D eigenvalue weighted by Gasteiger charge is -2.39. The van der Waals surface area contributed by atoms with Gasteiger partial charge in [-0.15, -0.1) is 0 Å². The summed E-state index contributed by atoms with van der Waals surface area (Å²) in [4.78, 5) is 0.579. The molecule has 0 saturated heterocycles. The molecule has 1 atom stereocenters. The summed E-state index contributed by atoms with van der Waals surface area (Å²) < 4.78 is 53.1. The standard InChI is InChI=1S/C27H34O4S2/c1-21(17-19-32(28,29)23-13-7-5-8-14-23)20-25(26-22(2)12-11-18-27(26,3)4)33(30,31)24-15-9-6-10-16-24/h5-10,13-17,25H,11-12,18-20H2,1-4H3. The molecule has 0 fully saturated rings. The number of hydrogen-bond acceptors (Lipinski definition) is 4. The van der Waals surface area contributed by atoms with Crippen LogP contribution in [0, 0.1) is 5.41 Å². The van der Waals surface area contributed by atoms with E-state index in [1.807, 2.05) is 19.9 Å². The van der Waals surface area contributed by atoms with Crippen molar-refractivity contribution in [2.75, 3.05) is 5.75 Å². The van der Waals surface area contributed by atoms with Gasteiger partial charge in [-0.2, -0.15) is 0 Å². The van der Waals surface area contributed by atoms with Crippen LogP contribution < -0.4 is 0 Å². The maximum atomic E-state index is 13.8. The van der Waals surface area contributed by atoms with E-state index in [4.69, 9.17) is 0 Å². The van der Waals surface area contributed by atoms with E-state index in [1.165, 1.54) is 0 Å². The van der Waals surface area contributed by atoms with Crippen LogP contribution in [0.5, 0.6) is 0 Å². The topological polar surface area (TPSA) is 68.3 Å². The summed E-state index contributed by atoms with van der Waals surface area (Å²) in [6.45, 7) is 8.12. The molecule has 4 nitrogen and oxygen atoms in total. The average molecular weight is 487 g/mol. The number of rotatable bonds is 8. The zero-order valence-electron chi connectivity index (χ0n) is 19.9. The largest absolute Gasteiger partial charge is 0.223 e. The maximum absolute atomic E-state index is 13.8. The molecule has 1 aliphatic rings. The number of benzene rings is 2. The van der Waals surface area contributed by atoms with Crippen LogP contribution in [0.3, 0.4) is 0 Å². The minimum absolute atomic E-state index is 0.150. The first-order valence-electron chi connectivity index (χ1n) is 11.4. The van der Waals surface area contributed by atoms with Crippen LogP contribution >= 0.6 is 0 Å². The molecular weight excluding hydrogens is 452 g/mol. The van der Waals surface area contributed by atoms with E-state index in [1.54, 1.807) is 60.7 Å². The van der Waals surface area contributed by atoms with Crippen molar-refractivity contribution in [1.82, 2.24) is 0 Å². The molecule has 0 heterocycles. The zero-order chi connectivity index (χ0) is 24.3. The fraction of sp³-hybridized carbons (Fsp3) is 0.407. The quantitative estimate of drug-likeness (QED) is 0.419. The second-order valence-corrected chi connectivity index (χ2v) is 13.8. The van der Waals surface area contributed by atoms with Gasteiger partial charge in [0.1, 0.15) is 0 Å². The predicted octanol–water partition coefficient (Wildman–Crippen LogP) is 6.17. The smallest absolute Gasteiger partial charge is 0.185 e. The minimum atomic E-state index is -3.65. The SMILES string of the molecule is CC(=CCS(=O)(=O)c1ccccc1)CC(C1=C(C)CCCC1(C)C)S(=O)(=O)c1ccccc1. The Kier molecular flexibility index (Phi) is 7.69. The molecule has 0 saturated carbocycles. The Labute approximate surface area is 199 Å². The second-order valence-electron chi connectivity index (χ2n) is 9.63. The van der Waals surface area contributed by atoms with Gasteiger partial charge in [0.05, 0.1) is 20.8 Å². The lowest BCUT2D eigenvalue weighted by molar-refractivity contribution is 0.353. The molecule has 178 valence electrons. The molecular formula is C27H34O4S2. The van der Waals surface area contributed by atoms with Gasteiger partial charge in [0.15, 0.2) is 19.7 Å². The van der Waals surface area contributed by atoms with Crippen molar-refractivity contribution in [2.24, 2.45) is 5.41 Å². The Morgan fingerprint density at radius 2 is 1.48 bits per heavy atom. The van der Waals surface area contributed by atoms with Gasteiger partial charge in [-0.1, -0.05) is 67.5 Å². The van der Waals surface area contributed by atoms with E-state index in [2.05, 4.69) is 13.8 Å². The number of allylic oxidation sites excluding steroid dienone is 2. The first kappa shape index (κ1) is 25.4. The van der Waals surface area contributed by atoms with Gasteiger partial charge < -0.3 is 0 Å². The van der Waals surface area contributed by atoms with Crippen molar-refractivity contribution in [3.05, 3.63) is 83.5 Å². The summed E-state index contributed by atoms with van der Waals surface area (Å²) in [6, 6.07) is 16.9. The van der Waals surface area contributed by atoms with Gasteiger partial charge in [-0.3, -0.25) is 0 Å². The van der Waals surface area contributed by atoms with Crippen molar-refractivity contribution in [3.8, 4) is 0 Å². The molecule has 0 aliphatic heterocycles. The van der Waals surface area contributed by atoms with E-state index in [0.29, 0.717) is 4.90 Å². The molecule has 6 heteroatoms. The van der Waals surface area contributed by atoms with E-state index >= 15 is 0 Å². The first-order valence-corrected chi connectivity index (χ1v) is 14.6. The Morgan fingerprint density at radius 3 is 2.03 bits per heavy atom. The summed E-state index contributed by atoms with van der Waals surface area (Å²) in [7, 11) is -7.13. The lowest BCUT2D eigenvalue weighted by atomic mass is 9.71. The van der Waals surface area contributed by atoms with Crippen molar-refractivity contribution < 1.29 is 16.8 Å². The molecule has 0 spiro atoms. The Morgan fingerprint density at radius 1 is 0.939 bits per heavy atom. The molecule has 0 N–H and O–H groups in total. The molecule has 1 aliphatic carbocycles. The Hall–Kier alpha value is -2.18. The first-order chi connectivity index (χ1) is 15.4. The highest BCUT2D eigenvalue weighted by molar-refractivity contribution is 7.92. The highest BCUT2D eigenvalue weighted by Crippen LogP contribution is 2.46. The zero-order valence-corrected chi connectivity index (χ0v) is 21.5. The van der Waals surface area contributed by atoms with Crippen molar-refractivity contribution >= 4 is 19.7 Å². The molecule has 2 aromatic rings. The molecule has 3 rings (SSSR count). The molecule has 1 unspecified atom stereocenters. The van der Waals surface area contributed by atoms with Crippen LogP contribution in [-0.2, 0) is 19.7 Å². The van der Waals surface area contributed by atoms with Gasteiger partial charge in [-0.25, -0.2) is 16.8 Å². The fourth-order valence-electron chi connectivity index (χ4n) is 4.85. The molecule has 0 bridgehead atoms. The maximum Gasteiger partial charge on any atom is 0.185 e. The van der Waals surface area contributed by atoms with E-state index in [9.17, 15) is 16.8 Å². The van der Waals surface area contributed by atoms with Crippen LogP contribution in [0.2, 0.25) is 0 Å². The minimum Gasteiger partial charge on any atom is -0.223 e. The molecule has 33 heavy (non-hydrogen) atoms. The third kappa shape index (κ3) is 5.85. The van der Waals surface area contributed by atoms with Crippen LogP contribution in [0.25, 0.3) is 0 Å². The lowest BCUT2D eigenvalue weighted by Crippen LogP contribution is -2.35. The normalized spacial score (nSPS) is 18.2. The number of sulfone groups is 2. The number of hydrogen-bond donors (Lipinski definition) is 0. The van der Waals surface area contributed by atoms with E-state index < -0.39 is 24.9 Å². The summed E-state index contributed by atoms with van der Waals surface area (Å²) in [5.74, 6) is -0.150. The van der Waals surface area contributed by atoms with E-state index in [-0.39, 0.29) is 22.5 Å². The van der Waals surface area contributed by atoms with Gasteiger partial charge in [0.25, 0.3) is 0 Å². The Bertz CT molecular complexity index is 1240. The van der Waals surface area contributed by atoms with Crippen LogP contribution in [0.1, 0.15) is 53.4 Å². The molecule has 2 aromatic carbocycles. The van der Waals surface area contributed by atoms with E-state index in [0.717, 1.165) is 36.0 Å². The molecule has 0 radical (unpaired) electrons. The third-order valence-electron chi connectivity index (χ3n) is 6.57. The van der Waals surface area contributed by atoms with Crippen molar-refractivity contribution in [2.45, 2.75) is 68.4 Å². The second kappa shape index (κ2) is 9.98. The van der Waals surface area contributed by atoms with Gasteiger partial charge in [0.2, 0.25) is 0 Å². The monoisotopic (exact) mass is 486 g/mol. The van der Waals surface area contributed by atoms with Crippen LogP contribution in [0.4, 0.5) is 0 Å². The van der Waals surface area contributed by atoms with Crippen LogP contribution in [0.15, 0.2) is 93.2 Å². The predicted molar refractivity (Wildman–Crippen MR) is 135 cm³/mol. The van der Waals surface area contributed by atoms with Crippen molar-refractivity contribution in [1.29, 1.82) is 0 Å². The molecule has 0 aromatic heterocycles. The highest BCUT2D eigenvalue weighted by atomic mass is 32.2. The average Bonchev–Trinajstić information content (AvgIpc) is 2.77.